The van der Waals surface area contributed by atoms with Crippen LogP contribution in [0.1, 0.15) is 5.69 Å². The van der Waals surface area contributed by atoms with Gasteiger partial charge in [0, 0.05) is 0 Å². The maximum absolute atomic E-state index is 3.98. The van der Waals surface area contributed by atoms with Crippen molar-refractivity contribution in [3.63, 3.8) is 0 Å². The van der Waals surface area contributed by atoms with Crippen LogP contribution >= 0.6 is 0 Å². The van der Waals surface area contributed by atoms with Gasteiger partial charge in [0.15, 0.2) is 12.4 Å². The van der Waals surface area contributed by atoms with Crippen LogP contribution in [-0.4, -0.2) is 4.98 Å². The second-order valence-corrected chi connectivity index (χ2v) is 1.71. The van der Waals surface area contributed by atoms with Crippen molar-refractivity contribution in [2.45, 2.75) is 6.92 Å². The van der Waals surface area contributed by atoms with Gasteiger partial charge in [-0.05, 0) is 6.92 Å². The minimum atomic E-state index is 0.988. The van der Waals surface area contributed by atoms with E-state index in [9.17, 15) is 0 Å². The topological polar surface area (TPSA) is 16.8 Å². The molecule has 41 valence electrons. The first kappa shape index (κ1) is 5.22. The summed E-state index contributed by atoms with van der Waals surface area (Å²) in [5.41, 5.74) is 0.988. The van der Waals surface area contributed by atoms with Crippen molar-refractivity contribution in [2.24, 2.45) is 0 Å². The molecule has 1 radical (unpaired) electrons. The Morgan fingerprint density at radius 2 is 2.50 bits per heavy atom. The van der Waals surface area contributed by atoms with Crippen LogP contribution in [0.4, 0.5) is 0 Å². The maximum atomic E-state index is 3.98. The monoisotopic (exact) mass is 108 g/mol. The van der Waals surface area contributed by atoms with Gasteiger partial charge in [-0.3, -0.25) is 0 Å². The van der Waals surface area contributed by atoms with E-state index in [4.69, 9.17) is 0 Å². The van der Waals surface area contributed by atoms with Crippen LogP contribution < -0.4 is 4.57 Å². The average Bonchev–Trinajstić information content (AvgIpc) is 1.64. The van der Waals surface area contributed by atoms with E-state index in [1.807, 2.05) is 13.1 Å². The molecular weight excluding hydrogens is 100 g/mol. The van der Waals surface area contributed by atoms with Gasteiger partial charge in [0.05, 0.1) is 6.20 Å². The van der Waals surface area contributed by atoms with E-state index in [2.05, 4.69) is 12.0 Å². The molecule has 0 aromatic carbocycles. The summed E-state index contributed by atoms with van der Waals surface area (Å²) in [5, 5.41) is 0. The number of aromatic nitrogens is 2. The third-order valence-corrected chi connectivity index (χ3v) is 0.889. The molecule has 0 saturated carbocycles. The zero-order valence-electron chi connectivity index (χ0n) is 4.83. The Hall–Kier alpha value is -0.920. The van der Waals surface area contributed by atoms with Crippen LogP contribution in [0.15, 0.2) is 18.6 Å². The lowest BCUT2D eigenvalue weighted by Crippen LogP contribution is -2.24. The molecular formula is C6H8N2+. The Bertz CT molecular complexity index is 166. The van der Waals surface area contributed by atoms with Gasteiger partial charge in [0.1, 0.15) is 5.69 Å². The predicted molar refractivity (Wildman–Crippen MR) is 29.9 cm³/mol. The number of nitrogens with zero attached hydrogens (tertiary/aromatic N) is 2. The standard InChI is InChI=1S/C6H8N2/c1-6-5-8(2)4-3-7-6/h3-5H,2H2,1H3/q+1. The summed E-state index contributed by atoms with van der Waals surface area (Å²) in [6.07, 6.45) is 5.38. The summed E-state index contributed by atoms with van der Waals surface area (Å²) >= 11 is 0. The molecule has 0 atom stereocenters. The summed E-state index contributed by atoms with van der Waals surface area (Å²) < 4.78 is 1.72. The fraction of sp³-hybridized carbons (Fsp3) is 0.167. The first-order chi connectivity index (χ1) is 3.79. The number of rotatable bonds is 0. The molecule has 2 nitrogen and oxygen atoms in total. The van der Waals surface area contributed by atoms with E-state index in [0.717, 1.165) is 5.69 Å². The lowest BCUT2D eigenvalue weighted by Gasteiger charge is -1.84. The highest BCUT2D eigenvalue weighted by molar-refractivity contribution is 4.84. The van der Waals surface area contributed by atoms with Crippen LogP contribution in [0, 0.1) is 14.0 Å². The van der Waals surface area contributed by atoms with Gasteiger partial charge in [-0.15, -0.1) is 0 Å². The summed E-state index contributed by atoms with van der Waals surface area (Å²) in [6, 6.07) is 0. The molecule has 0 bridgehead atoms. The zero-order valence-corrected chi connectivity index (χ0v) is 4.83. The third kappa shape index (κ3) is 1.03. The van der Waals surface area contributed by atoms with E-state index in [1.54, 1.807) is 17.0 Å². The Kier molecular flexibility index (Phi) is 1.24. The third-order valence-electron chi connectivity index (χ3n) is 0.889. The highest BCUT2D eigenvalue weighted by atomic mass is 14.9. The lowest BCUT2D eigenvalue weighted by atomic mass is 10.5. The van der Waals surface area contributed by atoms with Crippen LogP contribution in [0.2, 0.25) is 0 Å². The summed E-state index contributed by atoms with van der Waals surface area (Å²) in [7, 11) is 3.66. The second kappa shape index (κ2) is 1.90. The van der Waals surface area contributed by atoms with Gasteiger partial charge in [-0.25, -0.2) is 4.98 Å². The minimum absolute atomic E-state index is 0.988. The molecule has 1 heterocycles. The van der Waals surface area contributed by atoms with Gasteiger partial charge in [-0.2, -0.15) is 4.57 Å². The van der Waals surface area contributed by atoms with Crippen molar-refractivity contribution in [1.82, 2.24) is 4.98 Å². The number of hydrogen-bond donors (Lipinski definition) is 0. The normalized spacial score (nSPS) is 9.25. The lowest BCUT2D eigenvalue weighted by molar-refractivity contribution is -0.613. The molecule has 1 aromatic rings. The van der Waals surface area contributed by atoms with Gasteiger partial charge in [0.25, 0.3) is 0 Å². The van der Waals surface area contributed by atoms with Crippen LogP contribution in [0.25, 0.3) is 0 Å². The van der Waals surface area contributed by atoms with Gasteiger partial charge >= 0.3 is 0 Å². The van der Waals surface area contributed by atoms with Crippen molar-refractivity contribution < 1.29 is 4.57 Å². The molecule has 1 rings (SSSR count). The Morgan fingerprint density at radius 3 is 2.88 bits per heavy atom. The molecule has 1 aromatic heterocycles. The smallest absolute Gasteiger partial charge is 0.206 e. The first-order valence-electron chi connectivity index (χ1n) is 2.44. The van der Waals surface area contributed by atoms with Crippen molar-refractivity contribution in [1.29, 1.82) is 0 Å². The zero-order chi connectivity index (χ0) is 5.98. The molecule has 0 aliphatic heterocycles. The van der Waals surface area contributed by atoms with E-state index in [0.29, 0.717) is 0 Å². The van der Waals surface area contributed by atoms with Crippen LogP contribution in [-0.2, 0) is 0 Å². The molecule has 0 aliphatic rings. The second-order valence-electron chi connectivity index (χ2n) is 1.71. The van der Waals surface area contributed by atoms with Crippen molar-refractivity contribution in [3.05, 3.63) is 31.3 Å². The fourth-order valence-corrected chi connectivity index (χ4v) is 0.553. The van der Waals surface area contributed by atoms with E-state index >= 15 is 0 Å². The molecule has 0 unspecified atom stereocenters. The Balaban J connectivity index is 3.08. The average molecular weight is 108 g/mol. The highest BCUT2D eigenvalue weighted by Crippen LogP contribution is 1.79. The van der Waals surface area contributed by atoms with E-state index in [-0.39, 0.29) is 0 Å². The molecule has 0 fully saturated rings. The minimum Gasteiger partial charge on any atom is -0.249 e. The van der Waals surface area contributed by atoms with Gasteiger partial charge in [0.2, 0.25) is 7.05 Å². The maximum Gasteiger partial charge on any atom is 0.206 e. The molecule has 0 saturated heterocycles. The summed E-state index contributed by atoms with van der Waals surface area (Å²) in [4.78, 5) is 3.98. The largest absolute Gasteiger partial charge is 0.249 e. The van der Waals surface area contributed by atoms with Crippen molar-refractivity contribution in [3.8, 4) is 0 Å². The molecule has 8 heavy (non-hydrogen) atoms. The molecule has 0 aliphatic carbocycles. The molecule has 0 amide bonds. The Labute approximate surface area is 48.8 Å². The van der Waals surface area contributed by atoms with Crippen molar-refractivity contribution in [2.75, 3.05) is 0 Å². The summed E-state index contributed by atoms with van der Waals surface area (Å²) in [5.74, 6) is 0. The number of hydrogen-bond acceptors (Lipinski definition) is 1. The molecule has 0 spiro atoms. The fourth-order valence-electron chi connectivity index (χ4n) is 0.553. The Morgan fingerprint density at radius 1 is 1.75 bits per heavy atom. The SMILES string of the molecule is [CH2][n+]1ccnc(C)c1. The first-order valence-corrected chi connectivity index (χ1v) is 2.44. The molecule has 0 N–H and O–H groups in total. The van der Waals surface area contributed by atoms with E-state index < -0.39 is 0 Å². The van der Waals surface area contributed by atoms with Crippen LogP contribution in [0.5, 0.6) is 0 Å². The van der Waals surface area contributed by atoms with Gasteiger partial charge < -0.3 is 0 Å². The summed E-state index contributed by atoms with van der Waals surface area (Å²) in [6.45, 7) is 1.93. The van der Waals surface area contributed by atoms with Crippen LogP contribution in [0.3, 0.4) is 0 Å². The van der Waals surface area contributed by atoms with Crippen molar-refractivity contribution >= 4 is 0 Å². The quantitative estimate of drug-likeness (QED) is 0.437. The van der Waals surface area contributed by atoms with E-state index in [1.165, 1.54) is 0 Å². The predicted octanol–water partition coefficient (Wildman–Crippen LogP) is 0.317. The van der Waals surface area contributed by atoms with Gasteiger partial charge in [-0.1, -0.05) is 0 Å². The molecule has 2 heteroatoms. The number of aryl methyl sites for hydroxylation is 1. The highest BCUT2D eigenvalue weighted by Gasteiger charge is 1.89.